The van der Waals surface area contributed by atoms with Crippen molar-refractivity contribution in [3.8, 4) is 5.75 Å². The van der Waals surface area contributed by atoms with Gasteiger partial charge in [-0.3, -0.25) is 9.69 Å². The number of amides is 1. The number of carbonyl (C=O) groups excluding carboxylic acids is 1. The van der Waals surface area contributed by atoms with E-state index in [9.17, 15) is 9.90 Å². The summed E-state index contributed by atoms with van der Waals surface area (Å²) in [4.78, 5) is 25.8. The number of pyridine rings is 1. The Labute approximate surface area is 239 Å². The van der Waals surface area contributed by atoms with Crippen molar-refractivity contribution in [3.05, 3.63) is 64.3 Å². The number of aliphatic hydroxyl groups excluding tert-OH is 1. The quantitative estimate of drug-likeness (QED) is 0.299. The van der Waals surface area contributed by atoms with Gasteiger partial charge < -0.3 is 29.8 Å². The number of benzene rings is 1. The van der Waals surface area contributed by atoms with Crippen molar-refractivity contribution in [2.75, 3.05) is 43.4 Å². The van der Waals surface area contributed by atoms with Gasteiger partial charge in [-0.15, -0.1) is 0 Å². The summed E-state index contributed by atoms with van der Waals surface area (Å²) in [6.45, 7) is 5.09. The van der Waals surface area contributed by atoms with Gasteiger partial charge in [0.2, 0.25) is 0 Å². The first-order valence-corrected chi connectivity index (χ1v) is 14.3. The first kappa shape index (κ1) is 28.2. The maximum Gasteiger partial charge on any atom is 0.251 e. The number of nitrogens with one attached hydrogen (secondary N) is 2. The molecule has 2 aromatic heterocycles. The molecule has 1 atom stereocenters. The van der Waals surface area contributed by atoms with Gasteiger partial charge in [0.25, 0.3) is 5.91 Å². The Morgan fingerprint density at radius 3 is 2.92 bits per heavy atom. The first-order chi connectivity index (χ1) is 19.4. The van der Waals surface area contributed by atoms with Crippen molar-refractivity contribution < 1.29 is 19.1 Å². The van der Waals surface area contributed by atoms with Crippen LogP contribution in [0.15, 0.2) is 41.3 Å². The Morgan fingerprint density at radius 1 is 1.35 bits per heavy atom. The lowest BCUT2D eigenvalue weighted by Crippen LogP contribution is -2.42. The molecule has 3 heterocycles. The smallest absolute Gasteiger partial charge is 0.251 e. The molecule has 5 rings (SSSR count). The Kier molecular flexibility index (Phi) is 9.08. The van der Waals surface area contributed by atoms with E-state index in [-0.39, 0.29) is 19.1 Å². The topological polar surface area (TPSA) is 116 Å². The molecule has 40 heavy (non-hydrogen) atoms. The maximum atomic E-state index is 13.0. The molecule has 3 N–H and O–H groups in total. The molecular weight excluding hydrogens is 532 g/mol. The number of rotatable bonds is 12. The van der Waals surface area contributed by atoms with Crippen molar-refractivity contribution in [3.63, 3.8) is 0 Å². The van der Waals surface area contributed by atoms with E-state index in [4.69, 9.17) is 20.8 Å². The van der Waals surface area contributed by atoms with Gasteiger partial charge in [-0.05, 0) is 61.9 Å². The molecule has 3 aromatic rings. The van der Waals surface area contributed by atoms with Gasteiger partial charge in [-0.2, -0.15) is 0 Å². The molecule has 1 aliphatic heterocycles. The third kappa shape index (κ3) is 6.86. The Hall–Kier alpha value is -3.34. The number of hydrogen-bond acceptors (Lipinski definition) is 9. The molecule has 1 amide bonds. The number of halogens is 1. The van der Waals surface area contributed by atoms with Gasteiger partial charge in [0.05, 0.1) is 17.3 Å². The lowest BCUT2D eigenvalue weighted by molar-refractivity contribution is 0.0841. The number of hydrogen-bond donors (Lipinski definition) is 3. The molecule has 10 nitrogen and oxygen atoms in total. The van der Waals surface area contributed by atoms with E-state index in [1.165, 1.54) is 12.8 Å². The van der Waals surface area contributed by atoms with E-state index in [0.29, 0.717) is 47.0 Å². The molecule has 0 radical (unpaired) electrons. The summed E-state index contributed by atoms with van der Waals surface area (Å²) in [7, 11) is 1.96. The molecule has 1 aromatic carbocycles. The molecule has 1 fully saturated rings. The number of aliphatic hydroxyl groups is 1. The normalized spacial score (nSPS) is 16.1. The summed E-state index contributed by atoms with van der Waals surface area (Å²) in [5, 5.41) is 17.7. The number of ether oxygens (including phenoxy) is 1. The van der Waals surface area contributed by atoms with Gasteiger partial charge in [-0.25, -0.2) is 9.97 Å². The average molecular weight is 569 g/mol. The third-order valence-electron chi connectivity index (χ3n) is 7.59. The minimum atomic E-state index is -0.710. The lowest BCUT2D eigenvalue weighted by Gasteiger charge is -2.31. The predicted octanol–water partition coefficient (Wildman–Crippen LogP) is 3.87. The SMILES string of the molecule is CCN(C)c1cc(C(=O)NCC(O)CN2CCc3c(ccc(OCc4cnco4)c3Cl)C2)cc(NC2CCC2)n1. The molecule has 1 aliphatic carbocycles. The number of oxazole rings is 1. The van der Waals surface area contributed by atoms with Crippen LogP contribution in [0.25, 0.3) is 0 Å². The van der Waals surface area contributed by atoms with Gasteiger partial charge in [-0.1, -0.05) is 17.7 Å². The summed E-state index contributed by atoms with van der Waals surface area (Å²) in [5.41, 5.74) is 2.70. The van der Waals surface area contributed by atoms with Crippen LogP contribution < -0.4 is 20.3 Å². The van der Waals surface area contributed by atoms with Crippen molar-refractivity contribution in [2.24, 2.45) is 0 Å². The predicted molar refractivity (Wildman–Crippen MR) is 154 cm³/mol. The second kappa shape index (κ2) is 12.9. The summed E-state index contributed by atoms with van der Waals surface area (Å²) >= 11 is 6.65. The van der Waals surface area contributed by atoms with Crippen molar-refractivity contribution >= 4 is 29.1 Å². The molecule has 1 saturated carbocycles. The van der Waals surface area contributed by atoms with Gasteiger partial charge in [0, 0.05) is 51.4 Å². The fourth-order valence-corrected chi connectivity index (χ4v) is 5.23. The number of nitrogens with zero attached hydrogens (tertiary/aromatic N) is 4. The maximum absolute atomic E-state index is 13.0. The zero-order valence-corrected chi connectivity index (χ0v) is 23.8. The van der Waals surface area contributed by atoms with Crippen LogP contribution in [0.3, 0.4) is 0 Å². The van der Waals surface area contributed by atoms with Crippen LogP contribution in [0, 0.1) is 0 Å². The first-order valence-electron chi connectivity index (χ1n) is 13.9. The van der Waals surface area contributed by atoms with Crippen LogP contribution >= 0.6 is 11.6 Å². The monoisotopic (exact) mass is 568 g/mol. The minimum Gasteiger partial charge on any atom is -0.484 e. The molecular formula is C29H37ClN6O4. The molecule has 0 spiro atoms. The highest BCUT2D eigenvalue weighted by Gasteiger charge is 2.24. The largest absolute Gasteiger partial charge is 0.484 e. The molecule has 214 valence electrons. The molecule has 11 heteroatoms. The van der Waals surface area contributed by atoms with Crippen LogP contribution in [0.2, 0.25) is 5.02 Å². The Bertz CT molecular complexity index is 1300. The fourth-order valence-electron chi connectivity index (χ4n) is 4.89. The Morgan fingerprint density at radius 2 is 2.20 bits per heavy atom. The van der Waals surface area contributed by atoms with E-state index in [1.807, 2.05) is 31.0 Å². The van der Waals surface area contributed by atoms with Gasteiger partial charge in [0.15, 0.2) is 12.2 Å². The second-order valence-corrected chi connectivity index (χ2v) is 10.9. The number of β-amino-alcohol motifs (C(OH)–C–C–N with tert-alkyl or cyclic N) is 1. The molecule has 1 unspecified atom stereocenters. The number of anilines is 2. The number of carbonyl (C=O) groups is 1. The van der Waals surface area contributed by atoms with E-state index in [0.717, 1.165) is 49.3 Å². The average Bonchev–Trinajstić information content (AvgIpc) is 3.46. The number of aromatic nitrogens is 2. The minimum absolute atomic E-state index is 0.157. The van der Waals surface area contributed by atoms with E-state index >= 15 is 0 Å². The zero-order valence-electron chi connectivity index (χ0n) is 23.0. The third-order valence-corrected chi connectivity index (χ3v) is 8.01. The molecule has 0 bridgehead atoms. The van der Waals surface area contributed by atoms with E-state index in [1.54, 1.807) is 18.3 Å². The summed E-state index contributed by atoms with van der Waals surface area (Å²) in [6, 6.07) is 7.88. The highest BCUT2D eigenvalue weighted by molar-refractivity contribution is 6.33. The van der Waals surface area contributed by atoms with Crippen LogP contribution in [0.4, 0.5) is 11.6 Å². The number of fused-ring (bicyclic) bond motifs is 1. The standard InChI is InChI=1S/C29H37ClN6O4/c1-3-35(2)27-12-20(11-26(34-27)33-21-5-4-6-21)29(38)32-13-22(37)16-36-10-9-24-19(15-36)7-8-25(28(24)30)39-17-23-14-31-18-40-23/h7-8,11-12,14,18,21-22,37H,3-6,9-10,13,15-17H2,1-2H3,(H,32,38)(H,33,34). The zero-order chi connectivity index (χ0) is 28.1. The fraction of sp³-hybridized carbons (Fsp3) is 0.483. The molecule has 0 saturated heterocycles. The summed E-state index contributed by atoms with van der Waals surface area (Å²) < 4.78 is 11.0. The van der Waals surface area contributed by atoms with Crippen molar-refractivity contribution in [1.29, 1.82) is 0 Å². The van der Waals surface area contributed by atoms with Gasteiger partial charge in [0.1, 0.15) is 24.0 Å². The van der Waals surface area contributed by atoms with E-state index < -0.39 is 6.10 Å². The van der Waals surface area contributed by atoms with Crippen LogP contribution in [-0.4, -0.2) is 71.3 Å². The Balaban J connectivity index is 1.14. The van der Waals surface area contributed by atoms with E-state index in [2.05, 4.69) is 25.5 Å². The summed E-state index contributed by atoms with van der Waals surface area (Å²) in [6.07, 6.45) is 6.47. The van der Waals surface area contributed by atoms with Crippen LogP contribution in [-0.2, 0) is 19.6 Å². The highest BCUT2D eigenvalue weighted by atomic mass is 35.5. The van der Waals surface area contributed by atoms with Crippen molar-refractivity contribution in [2.45, 2.75) is 57.9 Å². The van der Waals surface area contributed by atoms with Gasteiger partial charge >= 0.3 is 0 Å². The molecule has 2 aliphatic rings. The van der Waals surface area contributed by atoms with Crippen LogP contribution in [0.5, 0.6) is 5.75 Å². The van der Waals surface area contributed by atoms with Crippen LogP contribution in [0.1, 0.15) is 53.4 Å². The summed E-state index contributed by atoms with van der Waals surface area (Å²) in [5.74, 6) is 2.48. The lowest BCUT2D eigenvalue weighted by atomic mass is 9.93. The highest BCUT2D eigenvalue weighted by Crippen LogP contribution is 2.34. The van der Waals surface area contributed by atoms with Crippen molar-refractivity contribution in [1.82, 2.24) is 20.2 Å². The second-order valence-electron chi connectivity index (χ2n) is 10.5.